The lowest BCUT2D eigenvalue weighted by Gasteiger charge is -2.43. The van der Waals surface area contributed by atoms with Crippen molar-refractivity contribution in [2.24, 2.45) is 5.73 Å². The lowest BCUT2D eigenvalue weighted by molar-refractivity contribution is 0.0934. The Bertz CT molecular complexity index is 497. The average molecular weight is 229 g/mol. The molecule has 0 radical (unpaired) electrons. The van der Waals surface area contributed by atoms with Gasteiger partial charge in [-0.3, -0.25) is 4.79 Å². The molecule has 0 fully saturated rings. The van der Waals surface area contributed by atoms with Gasteiger partial charge in [0.2, 0.25) is 0 Å². The van der Waals surface area contributed by atoms with Crippen molar-refractivity contribution in [1.29, 1.82) is 0 Å². The molecule has 88 valence electrons. The van der Waals surface area contributed by atoms with Crippen molar-refractivity contribution in [2.45, 2.75) is 18.6 Å². The molecular weight excluding hydrogens is 214 g/mol. The number of nitrogens with one attached hydrogen (secondary N) is 1. The third-order valence-electron chi connectivity index (χ3n) is 3.52. The summed E-state index contributed by atoms with van der Waals surface area (Å²) in [5.41, 5.74) is 8.87. The quantitative estimate of drug-likeness (QED) is 0.710. The van der Waals surface area contributed by atoms with Gasteiger partial charge in [0.05, 0.1) is 11.3 Å². The van der Waals surface area contributed by atoms with Crippen LogP contribution in [0.2, 0.25) is 0 Å². The molecule has 1 aromatic carbocycles. The molecule has 2 heterocycles. The van der Waals surface area contributed by atoms with Crippen LogP contribution in [0.4, 0.5) is 5.69 Å². The Kier molecular flexibility index (Phi) is 2.19. The van der Waals surface area contributed by atoms with E-state index in [2.05, 4.69) is 16.8 Å². The lowest BCUT2D eigenvalue weighted by atomic mass is 9.91. The summed E-state index contributed by atoms with van der Waals surface area (Å²) in [6.07, 6.45) is 2.54. The van der Waals surface area contributed by atoms with Crippen LogP contribution in [0, 0.1) is 0 Å². The van der Waals surface area contributed by atoms with Gasteiger partial charge in [0.25, 0.3) is 5.91 Å². The van der Waals surface area contributed by atoms with Crippen LogP contribution in [-0.2, 0) is 0 Å². The fourth-order valence-electron chi connectivity index (χ4n) is 2.66. The second-order valence-corrected chi connectivity index (χ2v) is 4.49. The number of para-hydroxylation sites is 1. The minimum atomic E-state index is -0.122. The third kappa shape index (κ3) is 1.37. The minimum Gasteiger partial charge on any atom is -0.347 e. The van der Waals surface area contributed by atoms with E-state index in [9.17, 15) is 4.79 Å². The molecule has 4 heteroatoms. The van der Waals surface area contributed by atoms with Crippen molar-refractivity contribution in [3.05, 3.63) is 42.0 Å². The number of hydrogen-bond acceptors (Lipinski definition) is 3. The van der Waals surface area contributed by atoms with E-state index in [-0.39, 0.29) is 18.1 Å². The molecule has 0 bridgehead atoms. The zero-order valence-corrected chi connectivity index (χ0v) is 9.52. The smallest absolute Gasteiger partial charge is 0.255 e. The molecule has 0 aliphatic carbocycles. The highest BCUT2D eigenvalue weighted by Gasteiger charge is 2.34. The Balaban J connectivity index is 2.22. The fourth-order valence-corrected chi connectivity index (χ4v) is 2.66. The molecule has 0 saturated carbocycles. The number of carbonyl (C=O) groups is 1. The van der Waals surface area contributed by atoms with E-state index in [4.69, 9.17) is 5.73 Å². The summed E-state index contributed by atoms with van der Waals surface area (Å²) in [6, 6.07) is 5.77. The monoisotopic (exact) mass is 229 g/mol. The molecule has 4 nitrogen and oxygen atoms in total. The Labute approximate surface area is 100 Å². The normalized spacial score (nSPS) is 26.2. The Morgan fingerprint density at radius 3 is 3.12 bits per heavy atom. The zero-order chi connectivity index (χ0) is 12.0. The maximum Gasteiger partial charge on any atom is 0.255 e. The molecule has 0 unspecified atom stereocenters. The van der Waals surface area contributed by atoms with Crippen LogP contribution in [0.1, 0.15) is 28.4 Å². The molecule has 0 aromatic heterocycles. The summed E-state index contributed by atoms with van der Waals surface area (Å²) >= 11 is 0. The van der Waals surface area contributed by atoms with E-state index < -0.39 is 0 Å². The van der Waals surface area contributed by atoms with Gasteiger partial charge in [-0.15, -0.1) is 0 Å². The van der Waals surface area contributed by atoms with E-state index >= 15 is 0 Å². The van der Waals surface area contributed by atoms with E-state index in [1.807, 2.05) is 18.2 Å². The first-order chi connectivity index (χ1) is 8.22. The van der Waals surface area contributed by atoms with Gasteiger partial charge in [-0.05, 0) is 24.1 Å². The molecule has 2 aliphatic rings. The van der Waals surface area contributed by atoms with Crippen LogP contribution in [0.25, 0.3) is 0 Å². The number of carbonyl (C=O) groups excluding carboxylic acids is 1. The van der Waals surface area contributed by atoms with Crippen LogP contribution in [0.15, 0.2) is 30.9 Å². The van der Waals surface area contributed by atoms with Gasteiger partial charge in [-0.25, -0.2) is 0 Å². The van der Waals surface area contributed by atoms with Gasteiger partial charge in [0.1, 0.15) is 6.17 Å². The first-order valence-electron chi connectivity index (χ1n) is 5.81. The highest BCUT2D eigenvalue weighted by atomic mass is 16.2. The van der Waals surface area contributed by atoms with Gasteiger partial charge in [-0.2, -0.15) is 0 Å². The molecule has 0 saturated heterocycles. The van der Waals surface area contributed by atoms with Crippen molar-refractivity contribution < 1.29 is 4.79 Å². The van der Waals surface area contributed by atoms with Crippen molar-refractivity contribution in [3.8, 4) is 0 Å². The SMILES string of the molecule is C=C[C@@H]1NC(=O)c2cccc3c2N1CC[C@@H]3N. The first-order valence-corrected chi connectivity index (χ1v) is 5.81. The number of benzene rings is 1. The summed E-state index contributed by atoms with van der Waals surface area (Å²) in [5.74, 6) is -0.0444. The summed E-state index contributed by atoms with van der Waals surface area (Å²) in [5, 5.41) is 2.93. The standard InChI is InChI=1S/C13H15N3O/c1-2-11-15-13(17)9-5-3-4-8-10(14)6-7-16(11)12(8)9/h2-5,10-11H,1,6-7,14H2,(H,15,17)/t10-,11+/m0/s1. The summed E-state index contributed by atoms with van der Waals surface area (Å²) in [4.78, 5) is 14.1. The van der Waals surface area contributed by atoms with Gasteiger partial charge in [-0.1, -0.05) is 18.7 Å². The molecular formula is C13H15N3O. The Morgan fingerprint density at radius 1 is 1.53 bits per heavy atom. The zero-order valence-electron chi connectivity index (χ0n) is 9.52. The van der Waals surface area contributed by atoms with E-state index in [1.54, 1.807) is 6.08 Å². The van der Waals surface area contributed by atoms with Crippen LogP contribution in [-0.4, -0.2) is 18.6 Å². The molecule has 3 N–H and O–H groups in total. The molecule has 1 amide bonds. The first kappa shape index (κ1) is 10.4. The average Bonchev–Trinajstić information content (AvgIpc) is 2.36. The Morgan fingerprint density at radius 2 is 2.35 bits per heavy atom. The fraction of sp³-hybridized carbons (Fsp3) is 0.308. The predicted octanol–water partition coefficient (Wildman–Crippen LogP) is 1.15. The van der Waals surface area contributed by atoms with Crippen molar-refractivity contribution >= 4 is 11.6 Å². The highest BCUT2D eigenvalue weighted by Crippen LogP contribution is 2.38. The van der Waals surface area contributed by atoms with Crippen LogP contribution >= 0.6 is 0 Å². The van der Waals surface area contributed by atoms with Crippen LogP contribution in [0.5, 0.6) is 0 Å². The van der Waals surface area contributed by atoms with Gasteiger partial charge in [0.15, 0.2) is 0 Å². The van der Waals surface area contributed by atoms with Crippen molar-refractivity contribution in [2.75, 3.05) is 11.4 Å². The molecule has 3 rings (SSSR count). The second kappa shape index (κ2) is 3.60. The number of amides is 1. The van der Waals surface area contributed by atoms with Crippen LogP contribution in [0.3, 0.4) is 0 Å². The second-order valence-electron chi connectivity index (χ2n) is 4.49. The number of anilines is 1. The minimum absolute atomic E-state index is 0.0255. The van der Waals surface area contributed by atoms with Crippen molar-refractivity contribution in [1.82, 2.24) is 5.32 Å². The third-order valence-corrected chi connectivity index (χ3v) is 3.52. The van der Waals surface area contributed by atoms with Crippen molar-refractivity contribution in [3.63, 3.8) is 0 Å². The van der Waals surface area contributed by atoms with Gasteiger partial charge in [0, 0.05) is 12.6 Å². The summed E-state index contributed by atoms with van der Waals surface area (Å²) in [6.45, 7) is 4.62. The summed E-state index contributed by atoms with van der Waals surface area (Å²) in [7, 11) is 0. The maximum absolute atomic E-state index is 12.0. The van der Waals surface area contributed by atoms with E-state index in [0.717, 1.165) is 29.8 Å². The largest absolute Gasteiger partial charge is 0.347 e. The van der Waals surface area contributed by atoms with Gasteiger partial charge < -0.3 is 16.0 Å². The lowest BCUT2D eigenvalue weighted by Crippen LogP contribution is -2.54. The van der Waals surface area contributed by atoms with Crippen LogP contribution < -0.4 is 16.0 Å². The predicted molar refractivity (Wildman–Crippen MR) is 66.8 cm³/mol. The molecule has 0 spiro atoms. The van der Waals surface area contributed by atoms with Gasteiger partial charge >= 0.3 is 0 Å². The number of nitrogens with two attached hydrogens (primary N) is 1. The molecule has 2 atom stereocenters. The number of hydrogen-bond donors (Lipinski definition) is 2. The molecule has 17 heavy (non-hydrogen) atoms. The topological polar surface area (TPSA) is 58.4 Å². The van der Waals surface area contributed by atoms with E-state index in [1.165, 1.54) is 0 Å². The molecule has 1 aromatic rings. The Hall–Kier alpha value is -1.81. The summed E-state index contributed by atoms with van der Waals surface area (Å²) < 4.78 is 0. The molecule has 2 aliphatic heterocycles. The van der Waals surface area contributed by atoms with E-state index in [0.29, 0.717) is 0 Å². The highest BCUT2D eigenvalue weighted by molar-refractivity contribution is 6.03. The number of rotatable bonds is 1. The maximum atomic E-state index is 12.0. The number of nitrogens with zero attached hydrogens (tertiary/aromatic N) is 1.